The van der Waals surface area contributed by atoms with Gasteiger partial charge >= 0.3 is 0 Å². The van der Waals surface area contributed by atoms with Gasteiger partial charge in [0.2, 0.25) is 26.0 Å². The zero-order valence-corrected chi connectivity index (χ0v) is 20.7. The quantitative estimate of drug-likeness (QED) is 0.608. The number of anilines is 1. The predicted molar refractivity (Wildman–Crippen MR) is 125 cm³/mol. The van der Waals surface area contributed by atoms with Gasteiger partial charge in [-0.2, -0.15) is 4.31 Å². The van der Waals surface area contributed by atoms with Crippen LogP contribution >= 0.6 is 0 Å². The van der Waals surface area contributed by atoms with E-state index in [1.54, 1.807) is 31.2 Å². The molecule has 0 bridgehead atoms. The molecule has 1 saturated heterocycles. The lowest BCUT2D eigenvalue weighted by Gasteiger charge is -2.31. The van der Waals surface area contributed by atoms with Crippen LogP contribution in [0.2, 0.25) is 0 Å². The number of hydrogen-bond acceptors (Lipinski definition) is 6. The minimum atomic E-state index is -3.76. The van der Waals surface area contributed by atoms with Gasteiger partial charge < -0.3 is 10.1 Å². The summed E-state index contributed by atoms with van der Waals surface area (Å²) in [5.74, 6) is -0.366. The summed E-state index contributed by atoms with van der Waals surface area (Å²) in [6.07, 6.45) is 0.708. The Bertz CT molecular complexity index is 1250. The van der Waals surface area contributed by atoms with Gasteiger partial charge in [-0.3, -0.25) is 4.79 Å². The van der Waals surface area contributed by atoms with Gasteiger partial charge in [-0.1, -0.05) is 12.1 Å². The molecule has 1 amide bonds. The van der Waals surface area contributed by atoms with Crippen molar-refractivity contribution in [1.82, 2.24) is 9.03 Å². The van der Waals surface area contributed by atoms with Gasteiger partial charge in [-0.15, -0.1) is 0 Å². The molecule has 2 aromatic rings. The van der Waals surface area contributed by atoms with Crippen LogP contribution < -0.4 is 14.8 Å². The Morgan fingerprint density at radius 2 is 1.70 bits per heavy atom. The van der Waals surface area contributed by atoms with Crippen LogP contribution in [0.15, 0.2) is 46.2 Å². The number of carbonyl (C=O) groups excluding carboxylic acids is 1. The number of piperidine rings is 1. The van der Waals surface area contributed by atoms with Crippen LogP contribution in [0.1, 0.15) is 24.0 Å². The van der Waals surface area contributed by atoms with Crippen molar-refractivity contribution in [3.05, 3.63) is 47.5 Å². The van der Waals surface area contributed by atoms with E-state index >= 15 is 0 Å². The summed E-state index contributed by atoms with van der Waals surface area (Å²) in [4.78, 5) is 13.0. The highest BCUT2D eigenvalue weighted by molar-refractivity contribution is 7.89. The Morgan fingerprint density at radius 3 is 2.30 bits per heavy atom. The number of rotatable bonds is 7. The van der Waals surface area contributed by atoms with Gasteiger partial charge in [0, 0.05) is 24.7 Å². The molecule has 1 heterocycles. The van der Waals surface area contributed by atoms with Gasteiger partial charge in [0.15, 0.2) is 0 Å². The van der Waals surface area contributed by atoms with Crippen LogP contribution in [-0.4, -0.2) is 54.3 Å². The van der Waals surface area contributed by atoms with Crippen molar-refractivity contribution in [3.63, 3.8) is 0 Å². The average Bonchev–Trinajstić information content (AvgIpc) is 2.80. The van der Waals surface area contributed by atoms with E-state index in [1.165, 1.54) is 30.6 Å². The van der Waals surface area contributed by atoms with Crippen LogP contribution in [0.4, 0.5) is 5.69 Å². The van der Waals surface area contributed by atoms with Gasteiger partial charge in [0.25, 0.3) is 0 Å². The Balaban J connectivity index is 1.71. The first-order chi connectivity index (χ1) is 15.5. The molecular weight excluding hydrogens is 466 g/mol. The molecule has 0 aromatic heterocycles. The van der Waals surface area contributed by atoms with E-state index in [4.69, 9.17) is 4.74 Å². The summed E-state index contributed by atoms with van der Waals surface area (Å²) in [6, 6.07) is 9.52. The molecule has 2 N–H and O–H groups in total. The SMILES string of the molecule is CNS(=O)(=O)c1ccc(C)c(NC(=O)C2CCN(S(=O)(=O)c3cc(C)ccc3OC)CC2)c1. The van der Waals surface area contributed by atoms with Crippen LogP contribution in [0.5, 0.6) is 5.75 Å². The van der Waals surface area contributed by atoms with Crippen LogP contribution in [0.3, 0.4) is 0 Å². The summed E-state index contributed by atoms with van der Waals surface area (Å²) in [5, 5.41) is 2.81. The van der Waals surface area contributed by atoms with Gasteiger partial charge in [-0.05, 0) is 69.1 Å². The molecule has 0 unspecified atom stereocenters. The number of sulfonamides is 2. The number of benzene rings is 2. The lowest BCUT2D eigenvalue weighted by atomic mass is 9.97. The maximum absolute atomic E-state index is 13.2. The Morgan fingerprint density at radius 1 is 1.03 bits per heavy atom. The summed E-state index contributed by atoms with van der Waals surface area (Å²) in [6.45, 7) is 3.99. The number of hydrogen-bond donors (Lipinski definition) is 2. The zero-order chi connectivity index (χ0) is 24.4. The van der Waals surface area contributed by atoms with Crippen LogP contribution in [-0.2, 0) is 24.8 Å². The fraction of sp³-hybridized carbons (Fsp3) is 0.409. The van der Waals surface area contributed by atoms with Crippen molar-refractivity contribution in [2.24, 2.45) is 5.92 Å². The molecule has 3 rings (SSSR count). The normalized spacial score (nSPS) is 15.9. The standard InChI is InChI=1S/C22H29N3O6S2/c1-15-5-8-20(31-4)21(13-15)33(29,30)25-11-9-17(10-12-25)22(26)24-19-14-18(7-6-16(19)2)32(27,28)23-3/h5-8,13-14,17,23H,9-12H2,1-4H3,(H,24,26). The second-order valence-corrected chi connectivity index (χ2v) is 11.8. The third kappa shape index (κ3) is 5.37. The molecule has 0 aliphatic carbocycles. The first-order valence-corrected chi connectivity index (χ1v) is 13.4. The third-order valence-electron chi connectivity index (χ3n) is 5.81. The summed E-state index contributed by atoms with van der Waals surface area (Å²) < 4.78 is 59.4. The molecule has 33 heavy (non-hydrogen) atoms. The molecule has 180 valence electrons. The molecule has 1 aliphatic heterocycles. The second-order valence-electron chi connectivity index (χ2n) is 8.01. The Labute approximate surface area is 195 Å². The number of aryl methyl sites for hydroxylation is 2. The monoisotopic (exact) mass is 495 g/mol. The first kappa shape index (κ1) is 25.2. The molecule has 1 aliphatic rings. The minimum Gasteiger partial charge on any atom is -0.495 e. The largest absolute Gasteiger partial charge is 0.495 e. The molecule has 9 nitrogen and oxygen atoms in total. The molecule has 1 fully saturated rings. The zero-order valence-electron chi connectivity index (χ0n) is 19.1. The summed E-state index contributed by atoms with van der Waals surface area (Å²) in [7, 11) is -4.66. The summed E-state index contributed by atoms with van der Waals surface area (Å²) in [5.41, 5.74) is 1.95. The van der Waals surface area contributed by atoms with E-state index in [-0.39, 0.29) is 40.5 Å². The van der Waals surface area contributed by atoms with Gasteiger partial charge in [0.1, 0.15) is 10.6 Å². The molecule has 0 saturated carbocycles. The predicted octanol–water partition coefficient (Wildman–Crippen LogP) is 2.26. The number of amides is 1. The molecule has 0 radical (unpaired) electrons. The third-order valence-corrected chi connectivity index (χ3v) is 9.14. The van der Waals surface area contributed by atoms with Crippen molar-refractivity contribution < 1.29 is 26.4 Å². The van der Waals surface area contributed by atoms with Crippen molar-refractivity contribution in [2.45, 2.75) is 36.5 Å². The minimum absolute atomic E-state index is 0.0546. The molecule has 11 heteroatoms. The van der Waals surface area contributed by atoms with Crippen molar-refractivity contribution in [2.75, 3.05) is 32.6 Å². The highest BCUT2D eigenvalue weighted by Crippen LogP contribution is 2.31. The van der Waals surface area contributed by atoms with E-state index in [0.29, 0.717) is 18.5 Å². The maximum Gasteiger partial charge on any atom is 0.246 e. The van der Waals surface area contributed by atoms with Crippen LogP contribution in [0.25, 0.3) is 0 Å². The van der Waals surface area contributed by atoms with Crippen molar-refractivity contribution in [1.29, 1.82) is 0 Å². The number of nitrogens with one attached hydrogen (secondary N) is 2. The van der Waals surface area contributed by atoms with E-state index < -0.39 is 20.0 Å². The number of carbonyl (C=O) groups is 1. The first-order valence-electron chi connectivity index (χ1n) is 10.5. The smallest absolute Gasteiger partial charge is 0.246 e. The number of methoxy groups -OCH3 is 1. The topological polar surface area (TPSA) is 122 Å². The number of nitrogens with zero attached hydrogens (tertiary/aromatic N) is 1. The second kappa shape index (κ2) is 9.80. The fourth-order valence-corrected chi connectivity index (χ4v) is 6.20. The Hall–Kier alpha value is -2.47. The lowest BCUT2D eigenvalue weighted by molar-refractivity contribution is -0.120. The van der Waals surface area contributed by atoms with Crippen molar-refractivity contribution >= 4 is 31.6 Å². The maximum atomic E-state index is 13.2. The lowest BCUT2D eigenvalue weighted by Crippen LogP contribution is -2.41. The van der Waals surface area contributed by atoms with E-state index in [9.17, 15) is 21.6 Å². The molecule has 2 aromatic carbocycles. The van der Waals surface area contributed by atoms with E-state index in [0.717, 1.165) is 11.1 Å². The van der Waals surface area contributed by atoms with E-state index in [2.05, 4.69) is 10.0 Å². The van der Waals surface area contributed by atoms with Crippen LogP contribution in [0, 0.1) is 19.8 Å². The fourth-order valence-electron chi connectivity index (χ4n) is 3.74. The molecular formula is C22H29N3O6S2. The highest BCUT2D eigenvalue weighted by Gasteiger charge is 2.34. The number of ether oxygens (including phenoxy) is 1. The average molecular weight is 496 g/mol. The van der Waals surface area contributed by atoms with Gasteiger partial charge in [0.05, 0.1) is 12.0 Å². The van der Waals surface area contributed by atoms with Gasteiger partial charge in [-0.25, -0.2) is 21.6 Å². The molecule has 0 atom stereocenters. The molecule has 0 spiro atoms. The van der Waals surface area contributed by atoms with E-state index in [1.807, 2.05) is 6.92 Å². The summed E-state index contributed by atoms with van der Waals surface area (Å²) >= 11 is 0. The highest BCUT2D eigenvalue weighted by atomic mass is 32.2. The van der Waals surface area contributed by atoms with Crippen molar-refractivity contribution in [3.8, 4) is 5.75 Å². The Kier molecular flexibility index (Phi) is 7.47.